The van der Waals surface area contributed by atoms with Gasteiger partial charge >= 0.3 is 0 Å². The van der Waals surface area contributed by atoms with E-state index in [-0.39, 0.29) is 12.5 Å². The maximum atomic E-state index is 12.7. The second-order valence-corrected chi connectivity index (χ2v) is 8.89. The quantitative estimate of drug-likeness (QED) is 0.552. The molecule has 1 aromatic carbocycles. The predicted molar refractivity (Wildman–Crippen MR) is 123 cm³/mol. The standard InChI is InChI=1S/C23H31N5OS/c1-24-23(25-15-20(21-9-6-14-30-21)27-11-4-5-12-27)26-16-22(29)28-13-10-18-7-2-3-8-19(18)17-28/h2-3,6-9,14,20H,4-5,10-13,15-17H2,1H3,(H2,24,25,26). The Labute approximate surface area is 183 Å². The zero-order valence-electron chi connectivity index (χ0n) is 17.6. The van der Waals surface area contributed by atoms with Crippen LogP contribution in [0.2, 0.25) is 0 Å². The number of carbonyl (C=O) groups excluding carboxylic acids is 1. The number of hydrogen-bond acceptors (Lipinski definition) is 4. The van der Waals surface area contributed by atoms with Gasteiger partial charge in [-0.2, -0.15) is 0 Å². The van der Waals surface area contributed by atoms with Crippen LogP contribution < -0.4 is 10.6 Å². The molecular formula is C23H31N5OS. The van der Waals surface area contributed by atoms with Crippen molar-refractivity contribution in [1.82, 2.24) is 20.4 Å². The predicted octanol–water partition coefficient (Wildman–Crippen LogP) is 2.63. The lowest BCUT2D eigenvalue weighted by Gasteiger charge is -2.29. The molecule has 0 bridgehead atoms. The van der Waals surface area contributed by atoms with Crippen LogP contribution in [0.3, 0.4) is 0 Å². The Balaban J connectivity index is 1.29. The van der Waals surface area contributed by atoms with E-state index < -0.39 is 0 Å². The number of nitrogens with one attached hydrogen (secondary N) is 2. The summed E-state index contributed by atoms with van der Waals surface area (Å²) >= 11 is 1.81. The van der Waals surface area contributed by atoms with E-state index in [2.05, 4.69) is 56.2 Å². The van der Waals surface area contributed by atoms with Gasteiger partial charge in [0.2, 0.25) is 5.91 Å². The van der Waals surface area contributed by atoms with Crippen LogP contribution in [0.15, 0.2) is 46.8 Å². The van der Waals surface area contributed by atoms with Crippen molar-refractivity contribution in [1.29, 1.82) is 0 Å². The first-order chi connectivity index (χ1) is 14.7. The largest absolute Gasteiger partial charge is 0.354 e. The number of fused-ring (bicyclic) bond motifs is 1. The van der Waals surface area contributed by atoms with Crippen molar-refractivity contribution in [2.45, 2.75) is 31.8 Å². The molecule has 2 aromatic rings. The van der Waals surface area contributed by atoms with Gasteiger partial charge in [-0.25, -0.2) is 0 Å². The molecule has 4 rings (SSSR count). The van der Waals surface area contributed by atoms with Gasteiger partial charge in [0.05, 0.1) is 12.6 Å². The second kappa shape index (κ2) is 10.1. The second-order valence-electron chi connectivity index (χ2n) is 7.91. The Morgan fingerprint density at radius 1 is 1.10 bits per heavy atom. The van der Waals surface area contributed by atoms with Crippen molar-refractivity contribution in [3.05, 3.63) is 57.8 Å². The first kappa shape index (κ1) is 20.9. The fourth-order valence-electron chi connectivity index (χ4n) is 4.34. The molecule has 2 aliphatic heterocycles. The van der Waals surface area contributed by atoms with Crippen molar-refractivity contribution >= 4 is 23.2 Å². The Kier molecular flexibility index (Phi) is 7.02. The molecule has 0 aliphatic carbocycles. The van der Waals surface area contributed by atoms with Crippen LogP contribution in [-0.4, -0.2) is 61.4 Å². The average Bonchev–Trinajstić information content (AvgIpc) is 3.50. The van der Waals surface area contributed by atoms with Gasteiger partial charge in [0, 0.05) is 31.6 Å². The zero-order chi connectivity index (χ0) is 20.8. The number of likely N-dealkylation sites (tertiary alicyclic amines) is 1. The molecule has 1 aromatic heterocycles. The summed E-state index contributed by atoms with van der Waals surface area (Å²) in [5.74, 6) is 0.795. The topological polar surface area (TPSA) is 60.0 Å². The lowest BCUT2D eigenvalue weighted by Crippen LogP contribution is -2.47. The summed E-state index contributed by atoms with van der Waals surface area (Å²) in [6.07, 6.45) is 3.46. The average molecular weight is 426 g/mol. The number of aliphatic imine (C=N–C) groups is 1. The summed E-state index contributed by atoms with van der Waals surface area (Å²) in [6.45, 7) is 4.80. The molecule has 3 heterocycles. The van der Waals surface area contributed by atoms with Crippen LogP contribution in [0, 0.1) is 0 Å². The fraction of sp³-hybridized carbons (Fsp3) is 0.478. The SMILES string of the molecule is CN=C(NCC(=O)N1CCc2ccccc2C1)NCC(c1cccs1)N1CCCC1. The molecule has 6 nitrogen and oxygen atoms in total. The summed E-state index contributed by atoms with van der Waals surface area (Å²) in [4.78, 5) is 22.9. The van der Waals surface area contributed by atoms with E-state index >= 15 is 0 Å². The third-order valence-corrected chi connectivity index (χ3v) is 7.00. The number of carbonyl (C=O) groups is 1. The zero-order valence-corrected chi connectivity index (χ0v) is 18.5. The minimum absolute atomic E-state index is 0.113. The monoisotopic (exact) mass is 425 g/mol. The number of nitrogens with zero attached hydrogens (tertiary/aromatic N) is 3. The third kappa shape index (κ3) is 5.02. The van der Waals surface area contributed by atoms with E-state index in [1.807, 2.05) is 11.0 Å². The lowest BCUT2D eigenvalue weighted by molar-refractivity contribution is -0.130. The van der Waals surface area contributed by atoms with Crippen LogP contribution in [-0.2, 0) is 17.8 Å². The van der Waals surface area contributed by atoms with Crippen molar-refractivity contribution in [2.75, 3.05) is 39.8 Å². The van der Waals surface area contributed by atoms with Gasteiger partial charge in [0.15, 0.2) is 5.96 Å². The van der Waals surface area contributed by atoms with E-state index in [0.717, 1.165) is 32.6 Å². The normalized spacial score (nSPS) is 18.2. The van der Waals surface area contributed by atoms with E-state index in [1.165, 1.54) is 28.8 Å². The van der Waals surface area contributed by atoms with Crippen molar-refractivity contribution in [2.24, 2.45) is 4.99 Å². The first-order valence-corrected chi connectivity index (χ1v) is 11.7. The Morgan fingerprint density at radius 3 is 2.63 bits per heavy atom. The maximum absolute atomic E-state index is 12.7. The number of benzene rings is 1. The number of thiophene rings is 1. The van der Waals surface area contributed by atoms with Crippen LogP contribution in [0.25, 0.3) is 0 Å². The molecule has 2 N–H and O–H groups in total. The fourth-order valence-corrected chi connectivity index (χ4v) is 5.20. The summed E-state index contributed by atoms with van der Waals surface area (Å²) < 4.78 is 0. The maximum Gasteiger partial charge on any atom is 0.242 e. The smallest absolute Gasteiger partial charge is 0.242 e. The van der Waals surface area contributed by atoms with Gasteiger partial charge in [-0.1, -0.05) is 30.3 Å². The molecule has 0 radical (unpaired) electrons. The highest BCUT2D eigenvalue weighted by molar-refractivity contribution is 7.10. The molecule has 0 spiro atoms. The van der Waals surface area contributed by atoms with Crippen LogP contribution in [0.5, 0.6) is 0 Å². The van der Waals surface area contributed by atoms with Gasteiger partial charge in [-0.05, 0) is 54.9 Å². The molecule has 1 atom stereocenters. The molecule has 1 fully saturated rings. The van der Waals surface area contributed by atoms with Crippen LogP contribution >= 0.6 is 11.3 Å². The molecule has 1 amide bonds. The highest BCUT2D eigenvalue weighted by Crippen LogP contribution is 2.27. The summed E-state index contributed by atoms with van der Waals surface area (Å²) in [6, 6.07) is 13.1. The van der Waals surface area contributed by atoms with Crippen molar-refractivity contribution in [3.63, 3.8) is 0 Å². The summed E-state index contributed by atoms with van der Waals surface area (Å²) in [5.41, 5.74) is 2.61. The Morgan fingerprint density at radius 2 is 1.90 bits per heavy atom. The molecule has 1 saturated heterocycles. The van der Waals surface area contributed by atoms with Gasteiger partial charge in [0.25, 0.3) is 0 Å². The van der Waals surface area contributed by atoms with Crippen molar-refractivity contribution in [3.8, 4) is 0 Å². The highest BCUT2D eigenvalue weighted by Gasteiger charge is 2.25. The molecule has 1 unspecified atom stereocenters. The Bertz CT molecular complexity index is 860. The van der Waals surface area contributed by atoms with Gasteiger partial charge in [-0.15, -0.1) is 11.3 Å². The Hall–Kier alpha value is -2.38. The lowest BCUT2D eigenvalue weighted by atomic mass is 10.00. The third-order valence-electron chi connectivity index (χ3n) is 6.03. The highest BCUT2D eigenvalue weighted by atomic mass is 32.1. The number of rotatable bonds is 6. The van der Waals surface area contributed by atoms with Crippen molar-refractivity contribution < 1.29 is 4.79 Å². The number of hydrogen-bond donors (Lipinski definition) is 2. The molecule has 30 heavy (non-hydrogen) atoms. The molecule has 0 saturated carbocycles. The number of amides is 1. The van der Waals surface area contributed by atoms with Gasteiger partial charge in [-0.3, -0.25) is 14.7 Å². The summed E-state index contributed by atoms with van der Waals surface area (Å²) in [5, 5.41) is 8.80. The molecule has 7 heteroatoms. The van der Waals surface area contributed by atoms with E-state index in [0.29, 0.717) is 18.5 Å². The minimum atomic E-state index is 0.113. The molecular weight excluding hydrogens is 394 g/mol. The van der Waals surface area contributed by atoms with E-state index in [1.54, 1.807) is 18.4 Å². The minimum Gasteiger partial charge on any atom is -0.354 e. The molecule has 2 aliphatic rings. The van der Waals surface area contributed by atoms with Gasteiger partial charge in [0.1, 0.15) is 0 Å². The van der Waals surface area contributed by atoms with E-state index in [4.69, 9.17) is 0 Å². The van der Waals surface area contributed by atoms with Gasteiger partial charge < -0.3 is 15.5 Å². The van der Waals surface area contributed by atoms with Crippen LogP contribution in [0.1, 0.15) is 34.9 Å². The van der Waals surface area contributed by atoms with E-state index in [9.17, 15) is 4.79 Å². The summed E-state index contributed by atoms with van der Waals surface area (Å²) in [7, 11) is 1.76. The molecule has 160 valence electrons. The first-order valence-electron chi connectivity index (χ1n) is 10.8. The van der Waals surface area contributed by atoms with Crippen LogP contribution in [0.4, 0.5) is 0 Å². The number of guanidine groups is 1.